The fourth-order valence-corrected chi connectivity index (χ4v) is 1.45. The molecular weight excluding hydrogens is 274 g/mol. The Morgan fingerprint density at radius 3 is 2.25 bits per heavy atom. The van der Waals surface area contributed by atoms with E-state index in [4.69, 9.17) is 19.3 Å². The molecule has 1 N–H and O–H groups in total. The Morgan fingerprint density at radius 1 is 1.30 bits per heavy atom. The molecule has 20 heavy (non-hydrogen) atoms. The molecule has 7 heteroatoms. The van der Waals surface area contributed by atoms with Crippen molar-refractivity contribution in [2.45, 2.75) is 6.43 Å². The van der Waals surface area contributed by atoms with Crippen LogP contribution in [0.25, 0.3) is 6.08 Å². The van der Waals surface area contributed by atoms with Crippen molar-refractivity contribution in [3.05, 3.63) is 23.8 Å². The summed E-state index contributed by atoms with van der Waals surface area (Å²) in [6.45, 7) is -0.795. The molecule has 0 amide bonds. The summed E-state index contributed by atoms with van der Waals surface area (Å²) in [4.78, 5) is 10.5. The number of halogens is 2. The zero-order valence-electron chi connectivity index (χ0n) is 10.9. The fraction of sp³-hybridized carbons (Fsp3) is 0.308. The summed E-state index contributed by atoms with van der Waals surface area (Å²) in [6, 6.07) is 2.92. The summed E-state index contributed by atoms with van der Waals surface area (Å²) < 4.78 is 39.4. The van der Waals surface area contributed by atoms with Crippen LogP contribution < -0.4 is 14.2 Å². The minimum atomic E-state index is -2.63. The van der Waals surface area contributed by atoms with Gasteiger partial charge in [-0.15, -0.1) is 0 Å². The minimum Gasteiger partial charge on any atom is -0.493 e. The number of ether oxygens (including phenoxy) is 3. The Balaban J connectivity index is 3.13. The van der Waals surface area contributed by atoms with Gasteiger partial charge in [-0.05, 0) is 23.8 Å². The molecule has 0 aromatic heterocycles. The lowest BCUT2D eigenvalue weighted by atomic mass is 10.1. The molecule has 1 rings (SSSR count). The first kappa shape index (κ1) is 15.7. The zero-order valence-corrected chi connectivity index (χ0v) is 10.9. The van der Waals surface area contributed by atoms with E-state index in [9.17, 15) is 13.6 Å². The molecule has 0 radical (unpaired) electrons. The molecular formula is C13H14F2O5. The van der Waals surface area contributed by atoms with Gasteiger partial charge in [0.1, 0.15) is 6.61 Å². The highest BCUT2D eigenvalue weighted by molar-refractivity contribution is 5.85. The van der Waals surface area contributed by atoms with Crippen molar-refractivity contribution in [1.82, 2.24) is 0 Å². The summed E-state index contributed by atoms with van der Waals surface area (Å²) >= 11 is 0. The number of carboxylic acid groups (broad SMARTS) is 1. The zero-order chi connectivity index (χ0) is 15.1. The number of hydrogen-bond acceptors (Lipinski definition) is 4. The molecule has 1 aromatic rings. The lowest BCUT2D eigenvalue weighted by Crippen LogP contribution is -2.09. The highest BCUT2D eigenvalue weighted by atomic mass is 19.3. The van der Waals surface area contributed by atoms with Crippen LogP contribution in [0.4, 0.5) is 8.78 Å². The maximum absolute atomic E-state index is 12.2. The van der Waals surface area contributed by atoms with Crippen LogP contribution in [0.3, 0.4) is 0 Å². The van der Waals surface area contributed by atoms with Gasteiger partial charge in [0.15, 0.2) is 11.5 Å². The van der Waals surface area contributed by atoms with Crippen molar-refractivity contribution in [3.8, 4) is 17.2 Å². The van der Waals surface area contributed by atoms with Gasteiger partial charge in [0.25, 0.3) is 6.43 Å². The topological polar surface area (TPSA) is 65.0 Å². The van der Waals surface area contributed by atoms with Crippen LogP contribution in [0.15, 0.2) is 18.2 Å². The van der Waals surface area contributed by atoms with Crippen molar-refractivity contribution >= 4 is 12.0 Å². The molecule has 0 aliphatic carbocycles. The van der Waals surface area contributed by atoms with Crippen LogP contribution in [0.1, 0.15) is 5.56 Å². The second kappa shape index (κ2) is 7.32. The van der Waals surface area contributed by atoms with Crippen molar-refractivity contribution in [2.24, 2.45) is 0 Å². The van der Waals surface area contributed by atoms with Gasteiger partial charge in [-0.2, -0.15) is 0 Å². The minimum absolute atomic E-state index is 0.0442. The molecule has 110 valence electrons. The van der Waals surface area contributed by atoms with Crippen LogP contribution >= 0.6 is 0 Å². The van der Waals surface area contributed by atoms with Crippen LogP contribution in [0, 0.1) is 0 Å². The smallest absolute Gasteiger partial charge is 0.328 e. The second-order valence-electron chi connectivity index (χ2n) is 3.63. The number of methoxy groups -OCH3 is 2. The van der Waals surface area contributed by atoms with Gasteiger partial charge >= 0.3 is 5.97 Å². The molecule has 0 unspecified atom stereocenters. The van der Waals surface area contributed by atoms with Crippen molar-refractivity contribution in [3.63, 3.8) is 0 Å². The maximum Gasteiger partial charge on any atom is 0.328 e. The standard InChI is InChI=1S/C13H14F2O5/c1-18-9-5-8(3-4-12(16)17)6-10(19-2)13(9)20-7-11(14)15/h3-6,11H,7H2,1-2H3,(H,16,17)/b4-3+. The second-order valence-corrected chi connectivity index (χ2v) is 3.63. The van der Waals surface area contributed by atoms with Crippen molar-refractivity contribution in [2.75, 3.05) is 20.8 Å². The average Bonchev–Trinajstić information content (AvgIpc) is 2.42. The van der Waals surface area contributed by atoms with E-state index in [0.717, 1.165) is 6.08 Å². The Morgan fingerprint density at radius 2 is 1.85 bits per heavy atom. The number of carbonyl (C=O) groups is 1. The van der Waals surface area contributed by atoms with E-state index < -0.39 is 19.0 Å². The Kier molecular flexibility index (Phi) is 5.76. The number of rotatable bonds is 7. The van der Waals surface area contributed by atoms with Crippen LogP contribution in [0.2, 0.25) is 0 Å². The average molecular weight is 288 g/mol. The predicted octanol–water partition coefficient (Wildman–Crippen LogP) is 2.45. The Labute approximate surface area is 114 Å². The van der Waals surface area contributed by atoms with Crippen LogP contribution in [-0.4, -0.2) is 38.3 Å². The first-order valence-corrected chi connectivity index (χ1v) is 5.56. The molecule has 0 saturated heterocycles. The third-order valence-electron chi connectivity index (χ3n) is 2.25. The Hall–Kier alpha value is -2.31. The number of benzene rings is 1. The molecule has 0 atom stereocenters. The van der Waals surface area contributed by atoms with Crippen molar-refractivity contribution < 1.29 is 32.9 Å². The van der Waals surface area contributed by atoms with Gasteiger partial charge in [-0.25, -0.2) is 13.6 Å². The Bertz CT molecular complexity index is 475. The van der Waals surface area contributed by atoms with Gasteiger partial charge in [0.05, 0.1) is 14.2 Å². The summed E-state index contributed by atoms with van der Waals surface area (Å²) in [5, 5.41) is 8.57. The predicted molar refractivity (Wildman–Crippen MR) is 67.7 cm³/mol. The first-order valence-electron chi connectivity index (χ1n) is 5.56. The summed E-state index contributed by atoms with van der Waals surface area (Å²) in [7, 11) is 2.68. The molecule has 0 heterocycles. The molecule has 5 nitrogen and oxygen atoms in total. The summed E-state index contributed by atoms with van der Waals surface area (Å²) in [5.74, 6) is -0.714. The van der Waals surface area contributed by atoms with Gasteiger partial charge in [0.2, 0.25) is 5.75 Å². The monoisotopic (exact) mass is 288 g/mol. The maximum atomic E-state index is 12.2. The van der Waals surface area contributed by atoms with Gasteiger partial charge in [-0.3, -0.25) is 0 Å². The van der Waals surface area contributed by atoms with E-state index in [1.807, 2.05) is 0 Å². The summed E-state index contributed by atoms with van der Waals surface area (Å²) in [6.07, 6.45) is -0.367. The molecule has 0 aliphatic heterocycles. The van der Waals surface area contributed by atoms with Gasteiger partial charge in [0, 0.05) is 6.08 Å². The van der Waals surface area contributed by atoms with E-state index in [1.165, 1.54) is 32.4 Å². The molecule has 0 saturated carbocycles. The SMILES string of the molecule is COc1cc(/C=C/C(=O)O)cc(OC)c1OCC(F)F. The normalized spacial score (nSPS) is 10.8. The third-order valence-corrected chi connectivity index (χ3v) is 2.25. The van der Waals surface area contributed by atoms with E-state index >= 15 is 0 Å². The van der Waals surface area contributed by atoms with E-state index in [1.54, 1.807) is 0 Å². The molecule has 1 aromatic carbocycles. The number of hydrogen-bond donors (Lipinski definition) is 1. The van der Waals surface area contributed by atoms with E-state index in [0.29, 0.717) is 5.56 Å². The summed E-state index contributed by atoms with van der Waals surface area (Å²) in [5.41, 5.74) is 0.477. The molecule has 0 aliphatic rings. The van der Waals surface area contributed by atoms with E-state index in [-0.39, 0.29) is 17.2 Å². The quantitative estimate of drug-likeness (QED) is 0.781. The van der Waals surface area contributed by atoms with Crippen molar-refractivity contribution in [1.29, 1.82) is 0 Å². The number of aliphatic carboxylic acids is 1. The van der Waals surface area contributed by atoms with E-state index in [2.05, 4.69) is 0 Å². The van der Waals surface area contributed by atoms with Crippen LogP contribution in [0.5, 0.6) is 17.2 Å². The fourth-order valence-electron chi connectivity index (χ4n) is 1.45. The largest absolute Gasteiger partial charge is 0.493 e. The van der Waals surface area contributed by atoms with Crippen LogP contribution in [-0.2, 0) is 4.79 Å². The highest BCUT2D eigenvalue weighted by Crippen LogP contribution is 2.39. The van der Waals surface area contributed by atoms with Gasteiger partial charge < -0.3 is 19.3 Å². The van der Waals surface area contributed by atoms with Gasteiger partial charge in [-0.1, -0.05) is 0 Å². The third kappa shape index (κ3) is 4.42. The first-order chi connectivity index (χ1) is 9.47. The molecule has 0 fully saturated rings. The molecule has 0 bridgehead atoms. The lowest BCUT2D eigenvalue weighted by Gasteiger charge is -2.15. The number of alkyl halides is 2. The molecule has 0 spiro atoms. The number of carboxylic acids is 1. The highest BCUT2D eigenvalue weighted by Gasteiger charge is 2.15. The lowest BCUT2D eigenvalue weighted by molar-refractivity contribution is -0.131.